The maximum Gasteiger partial charge on any atom is 0.287 e. The third-order valence-corrected chi connectivity index (χ3v) is 6.24. The SMILES string of the molecule is C=N/C=C\c1cc(C(=O)NCC2CC23CCN(C(=O)c2cnccn2)CC3)oc1C. The molecule has 1 N–H and O–H groups in total. The molecule has 1 saturated heterocycles. The van der Waals surface area contributed by atoms with Gasteiger partial charge in [0.1, 0.15) is 11.5 Å². The second-order valence-electron chi connectivity index (χ2n) is 7.98. The van der Waals surface area contributed by atoms with Crippen molar-refractivity contribution in [2.75, 3.05) is 19.6 Å². The Hall–Kier alpha value is -3.29. The van der Waals surface area contributed by atoms with Gasteiger partial charge in [-0.25, -0.2) is 4.98 Å². The molecular weight excluding hydrogens is 382 g/mol. The number of hydrogen-bond acceptors (Lipinski definition) is 6. The number of nitrogens with one attached hydrogen (secondary N) is 1. The van der Waals surface area contributed by atoms with E-state index in [1.807, 2.05) is 11.8 Å². The van der Waals surface area contributed by atoms with Gasteiger partial charge in [-0.05, 0) is 56.4 Å². The molecule has 2 fully saturated rings. The molecule has 1 aliphatic carbocycles. The van der Waals surface area contributed by atoms with Gasteiger partial charge in [0.15, 0.2) is 5.76 Å². The minimum atomic E-state index is -0.207. The number of carbonyl (C=O) groups excluding carboxylic acids is 2. The van der Waals surface area contributed by atoms with Crippen LogP contribution in [0.4, 0.5) is 0 Å². The minimum Gasteiger partial charge on any atom is -0.456 e. The predicted molar refractivity (Wildman–Crippen MR) is 112 cm³/mol. The second-order valence-corrected chi connectivity index (χ2v) is 7.98. The van der Waals surface area contributed by atoms with Crippen molar-refractivity contribution in [3.8, 4) is 0 Å². The number of amides is 2. The van der Waals surface area contributed by atoms with Crippen molar-refractivity contribution in [2.24, 2.45) is 16.3 Å². The monoisotopic (exact) mass is 407 g/mol. The van der Waals surface area contributed by atoms with E-state index in [1.165, 1.54) is 12.4 Å². The molecule has 1 unspecified atom stereocenters. The molecule has 30 heavy (non-hydrogen) atoms. The molecule has 8 heteroatoms. The Balaban J connectivity index is 1.27. The highest BCUT2D eigenvalue weighted by atomic mass is 16.3. The van der Waals surface area contributed by atoms with Crippen LogP contribution in [-0.4, -0.2) is 53.0 Å². The number of likely N-dealkylation sites (tertiary alicyclic amines) is 1. The van der Waals surface area contributed by atoms with E-state index in [4.69, 9.17) is 4.42 Å². The number of hydrogen-bond donors (Lipinski definition) is 1. The van der Waals surface area contributed by atoms with Crippen molar-refractivity contribution in [1.82, 2.24) is 20.2 Å². The lowest BCUT2D eigenvalue weighted by Crippen LogP contribution is -2.40. The maximum atomic E-state index is 12.5. The van der Waals surface area contributed by atoms with Gasteiger partial charge in [-0.3, -0.25) is 19.6 Å². The van der Waals surface area contributed by atoms with Crippen LogP contribution in [0.15, 0.2) is 40.3 Å². The first-order valence-corrected chi connectivity index (χ1v) is 10.1. The first-order chi connectivity index (χ1) is 14.5. The van der Waals surface area contributed by atoms with Gasteiger partial charge in [0.2, 0.25) is 0 Å². The van der Waals surface area contributed by atoms with E-state index in [0.29, 0.717) is 42.8 Å². The van der Waals surface area contributed by atoms with Crippen LogP contribution < -0.4 is 5.32 Å². The molecule has 1 spiro atoms. The van der Waals surface area contributed by atoms with Crippen LogP contribution in [0.1, 0.15) is 51.6 Å². The minimum absolute atomic E-state index is 0.0619. The number of aromatic nitrogens is 2. The van der Waals surface area contributed by atoms with Gasteiger partial charge in [0.25, 0.3) is 11.8 Å². The van der Waals surface area contributed by atoms with E-state index < -0.39 is 0 Å². The largest absolute Gasteiger partial charge is 0.456 e. The average molecular weight is 407 g/mol. The molecule has 0 radical (unpaired) electrons. The Bertz CT molecular complexity index is 974. The molecule has 1 saturated carbocycles. The van der Waals surface area contributed by atoms with E-state index in [2.05, 4.69) is 27.0 Å². The summed E-state index contributed by atoms with van der Waals surface area (Å²) in [5.74, 6) is 1.14. The number of furan rings is 1. The van der Waals surface area contributed by atoms with E-state index >= 15 is 0 Å². The van der Waals surface area contributed by atoms with Crippen LogP contribution in [0.25, 0.3) is 6.08 Å². The van der Waals surface area contributed by atoms with Crippen molar-refractivity contribution in [1.29, 1.82) is 0 Å². The molecule has 2 aromatic rings. The summed E-state index contributed by atoms with van der Waals surface area (Å²) in [5.41, 5.74) is 1.44. The summed E-state index contributed by atoms with van der Waals surface area (Å²) in [6.07, 6.45) is 10.9. The third-order valence-electron chi connectivity index (χ3n) is 6.24. The lowest BCUT2D eigenvalue weighted by atomic mass is 9.90. The summed E-state index contributed by atoms with van der Waals surface area (Å²) in [5, 5.41) is 3.00. The third kappa shape index (κ3) is 4.03. The van der Waals surface area contributed by atoms with Crippen LogP contribution in [-0.2, 0) is 0 Å². The standard InChI is InChI=1S/C22H25N5O3/c1-15-16(3-6-23-2)11-19(30-15)20(28)26-13-17-12-22(17)4-9-27(10-5-22)21(29)18-14-24-7-8-25-18/h3,6-8,11,14,17H,2,4-5,9-10,12-13H2,1H3,(H,26,28)/b6-3-. The smallest absolute Gasteiger partial charge is 0.287 e. The van der Waals surface area contributed by atoms with Crippen LogP contribution in [0, 0.1) is 18.3 Å². The van der Waals surface area contributed by atoms with Gasteiger partial charge < -0.3 is 14.6 Å². The highest BCUT2D eigenvalue weighted by Gasteiger charge is 2.54. The van der Waals surface area contributed by atoms with Crippen molar-refractivity contribution in [2.45, 2.75) is 26.2 Å². The zero-order valence-electron chi connectivity index (χ0n) is 17.0. The van der Waals surface area contributed by atoms with Gasteiger partial charge in [0, 0.05) is 43.8 Å². The molecule has 2 aromatic heterocycles. The predicted octanol–water partition coefficient (Wildman–Crippen LogP) is 2.72. The summed E-state index contributed by atoms with van der Waals surface area (Å²) in [6, 6.07) is 1.71. The molecule has 8 nitrogen and oxygen atoms in total. The molecule has 1 aliphatic heterocycles. The Morgan fingerprint density at radius 2 is 2.20 bits per heavy atom. The Labute approximate surface area is 175 Å². The van der Waals surface area contributed by atoms with E-state index in [0.717, 1.165) is 24.8 Å². The fourth-order valence-corrected chi connectivity index (χ4v) is 4.27. The van der Waals surface area contributed by atoms with E-state index in [9.17, 15) is 9.59 Å². The molecule has 0 bridgehead atoms. The lowest BCUT2D eigenvalue weighted by Gasteiger charge is -2.32. The van der Waals surface area contributed by atoms with Gasteiger partial charge in [-0.1, -0.05) is 0 Å². The van der Waals surface area contributed by atoms with Crippen LogP contribution in [0.5, 0.6) is 0 Å². The Kier molecular flexibility index (Phi) is 5.48. The van der Waals surface area contributed by atoms with Gasteiger partial charge >= 0.3 is 0 Å². The molecule has 2 aliphatic rings. The molecular formula is C22H25N5O3. The average Bonchev–Trinajstić information content (AvgIpc) is 3.30. The number of piperidine rings is 1. The highest BCUT2D eigenvalue weighted by molar-refractivity contribution is 5.92. The topological polar surface area (TPSA) is 101 Å². The number of nitrogens with zero attached hydrogens (tertiary/aromatic N) is 4. The van der Waals surface area contributed by atoms with Crippen molar-refractivity contribution in [3.63, 3.8) is 0 Å². The highest BCUT2D eigenvalue weighted by Crippen LogP contribution is 2.59. The van der Waals surface area contributed by atoms with Crippen molar-refractivity contribution < 1.29 is 14.0 Å². The molecule has 1 atom stereocenters. The van der Waals surface area contributed by atoms with Crippen LogP contribution in [0.2, 0.25) is 0 Å². The fraction of sp³-hybridized carbons (Fsp3) is 0.409. The zero-order chi connectivity index (χ0) is 21.1. The van der Waals surface area contributed by atoms with Crippen LogP contribution in [0.3, 0.4) is 0 Å². The summed E-state index contributed by atoms with van der Waals surface area (Å²) < 4.78 is 5.57. The normalized spacial score (nSPS) is 19.8. The first kappa shape index (κ1) is 20.0. The summed E-state index contributed by atoms with van der Waals surface area (Å²) in [6.45, 7) is 7.26. The second kappa shape index (κ2) is 8.22. The van der Waals surface area contributed by atoms with E-state index in [-0.39, 0.29) is 17.2 Å². The first-order valence-electron chi connectivity index (χ1n) is 10.1. The lowest BCUT2D eigenvalue weighted by molar-refractivity contribution is 0.0662. The summed E-state index contributed by atoms with van der Waals surface area (Å²) >= 11 is 0. The molecule has 156 valence electrons. The van der Waals surface area contributed by atoms with Gasteiger partial charge in [-0.15, -0.1) is 0 Å². The zero-order valence-corrected chi connectivity index (χ0v) is 17.0. The summed E-state index contributed by atoms with van der Waals surface area (Å²) in [4.78, 5) is 38.6. The number of aryl methyl sites for hydroxylation is 1. The quantitative estimate of drug-likeness (QED) is 0.742. The maximum absolute atomic E-state index is 12.5. The Morgan fingerprint density at radius 3 is 2.90 bits per heavy atom. The van der Waals surface area contributed by atoms with E-state index in [1.54, 1.807) is 24.5 Å². The van der Waals surface area contributed by atoms with Gasteiger partial charge in [-0.2, -0.15) is 0 Å². The molecule has 2 amide bonds. The molecule has 0 aromatic carbocycles. The summed E-state index contributed by atoms with van der Waals surface area (Å²) in [7, 11) is 0. The van der Waals surface area contributed by atoms with Gasteiger partial charge in [0.05, 0.1) is 6.20 Å². The fourth-order valence-electron chi connectivity index (χ4n) is 4.27. The number of rotatable bonds is 6. The molecule has 4 rings (SSSR count). The Morgan fingerprint density at radius 1 is 1.40 bits per heavy atom. The number of aliphatic imine (C=N–C) groups is 1. The van der Waals surface area contributed by atoms with Crippen LogP contribution >= 0.6 is 0 Å². The van der Waals surface area contributed by atoms with Crippen molar-refractivity contribution >= 4 is 24.6 Å². The number of carbonyl (C=O) groups is 2. The molecule has 3 heterocycles. The van der Waals surface area contributed by atoms with Crippen molar-refractivity contribution in [3.05, 3.63) is 53.6 Å².